The van der Waals surface area contributed by atoms with Gasteiger partial charge in [0.1, 0.15) is 0 Å². The monoisotopic (exact) mass is 243 g/mol. The molecule has 94 valence electrons. The van der Waals surface area contributed by atoms with E-state index in [0.29, 0.717) is 17.9 Å². The van der Waals surface area contributed by atoms with E-state index in [1.165, 1.54) is 0 Å². The van der Waals surface area contributed by atoms with Gasteiger partial charge >= 0.3 is 0 Å². The number of rotatable bonds is 2. The number of nitrogens with zero attached hydrogens (tertiary/aromatic N) is 4. The van der Waals surface area contributed by atoms with Crippen LogP contribution >= 0.6 is 0 Å². The maximum absolute atomic E-state index is 5.91. The van der Waals surface area contributed by atoms with Gasteiger partial charge in [-0.1, -0.05) is 30.3 Å². The van der Waals surface area contributed by atoms with E-state index in [1.54, 1.807) is 4.80 Å². The van der Waals surface area contributed by atoms with Crippen molar-refractivity contribution in [1.82, 2.24) is 20.2 Å². The molecule has 0 saturated heterocycles. The molecule has 2 N–H and O–H groups in total. The molecule has 18 heavy (non-hydrogen) atoms. The maximum atomic E-state index is 5.91. The van der Waals surface area contributed by atoms with Gasteiger partial charge in [0.05, 0.1) is 6.04 Å². The van der Waals surface area contributed by atoms with Crippen molar-refractivity contribution in [1.29, 1.82) is 0 Å². The van der Waals surface area contributed by atoms with Crippen LogP contribution in [0.15, 0.2) is 30.3 Å². The van der Waals surface area contributed by atoms with Crippen LogP contribution in [-0.2, 0) is 0 Å². The zero-order valence-electron chi connectivity index (χ0n) is 10.2. The molecule has 1 heterocycles. The second-order valence-electron chi connectivity index (χ2n) is 4.87. The highest BCUT2D eigenvalue weighted by molar-refractivity contribution is 5.52. The van der Waals surface area contributed by atoms with Gasteiger partial charge in [0.2, 0.25) is 5.82 Å². The van der Waals surface area contributed by atoms with Crippen LogP contribution in [0.2, 0.25) is 0 Å². The Bertz CT molecular complexity index is 499. The molecule has 1 aromatic heterocycles. The zero-order valence-corrected chi connectivity index (χ0v) is 10.2. The molecule has 0 aliphatic heterocycles. The number of benzene rings is 1. The van der Waals surface area contributed by atoms with Crippen molar-refractivity contribution < 1.29 is 0 Å². The number of hydrogen-bond donors (Lipinski definition) is 1. The van der Waals surface area contributed by atoms with Crippen LogP contribution in [-0.4, -0.2) is 26.2 Å². The van der Waals surface area contributed by atoms with Crippen molar-refractivity contribution >= 4 is 0 Å². The summed E-state index contributed by atoms with van der Waals surface area (Å²) in [6.45, 7) is 0. The van der Waals surface area contributed by atoms with E-state index in [1.807, 2.05) is 30.3 Å². The average molecular weight is 243 g/mol. The number of nitrogens with two attached hydrogens (primary N) is 1. The van der Waals surface area contributed by atoms with E-state index < -0.39 is 0 Å². The predicted molar refractivity (Wildman–Crippen MR) is 68.7 cm³/mol. The summed E-state index contributed by atoms with van der Waals surface area (Å²) >= 11 is 0. The first-order chi connectivity index (χ1) is 8.83. The number of tetrazole rings is 1. The Hall–Kier alpha value is -1.75. The third-order valence-electron chi connectivity index (χ3n) is 3.53. The summed E-state index contributed by atoms with van der Waals surface area (Å²) in [6.07, 6.45) is 4.19. The van der Waals surface area contributed by atoms with E-state index in [4.69, 9.17) is 5.73 Å². The molecule has 5 nitrogen and oxygen atoms in total. The number of hydrogen-bond acceptors (Lipinski definition) is 4. The summed E-state index contributed by atoms with van der Waals surface area (Å²) in [5, 5.41) is 12.8. The van der Waals surface area contributed by atoms with Gasteiger partial charge in [-0.05, 0) is 30.9 Å². The molecule has 1 aliphatic carbocycles. The van der Waals surface area contributed by atoms with Gasteiger partial charge in [-0.3, -0.25) is 0 Å². The minimum Gasteiger partial charge on any atom is -0.328 e. The Labute approximate surface area is 106 Å². The third-order valence-corrected chi connectivity index (χ3v) is 3.53. The molecular weight excluding hydrogens is 226 g/mol. The molecule has 0 amide bonds. The molecule has 1 aliphatic rings. The van der Waals surface area contributed by atoms with Crippen LogP contribution in [0.1, 0.15) is 31.7 Å². The predicted octanol–water partition coefficient (Wildman–Crippen LogP) is 1.78. The van der Waals surface area contributed by atoms with Crippen molar-refractivity contribution in [2.24, 2.45) is 5.73 Å². The summed E-state index contributed by atoms with van der Waals surface area (Å²) in [7, 11) is 0. The van der Waals surface area contributed by atoms with E-state index in [-0.39, 0.29) is 0 Å². The highest BCUT2D eigenvalue weighted by atomic mass is 15.6. The lowest BCUT2D eigenvalue weighted by atomic mass is 9.92. The first kappa shape index (κ1) is 11.3. The lowest BCUT2D eigenvalue weighted by Gasteiger charge is -2.24. The molecule has 3 rings (SSSR count). The van der Waals surface area contributed by atoms with Gasteiger partial charge in [-0.15, -0.1) is 10.2 Å². The minimum atomic E-state index is 0.346. The summed E-state index contributed by atoms with van der Waals surface area (Å²) in [6, 6.07) is 10.6. The zero-order chi connectivity index (χ0) is 12.4. The smallest absolute Gasteiger partial charge is 0.204 e. The quantitative estimate of drug-likeness (QED) is 0.873. The molecule has 1 aromatic carbocycles. The molecule has 5 heteroatoms. The van der Waals surface area contributed by atoms with Crippen molar-refractivity contribution in [2.75, 3.05) is 0 Å². The molecule has 2 aromatic rings. The van der Waals surface area contributed by atoms with Gasteiger partial charge in [-0.25, -0.2) is 0 Å². The van der Waals surface area contributed by atoms with Gasteiger partial charge in [0.25, 0.3) is 0 Å². The second kappa shape index (κ2) is 4.86. The second-order valence-corrected chi connectivity index (χ2v) is 4.87. The topological polar surface area (TPSA) is 69.6 Å². The van der Waals surface area contributed by atoms with Crippen molar-refractivity contribution in [3.63, 3.8) is 0 Å². The number of aromatic nitrogens is 4. The molecule has 0 spiro atoms. The Morgan fingerprint density at radius 3 is 2.50 bits per heavy atom. The molecule has 0 bridgehead atoms. The van der Waals surface area contributed by atoms with E-state index in [0.717, 1.165) is 31.2 Å². The van der Waals surface area contributed by atoms with E-state index >= 15 is 0 Å². The third kappa shape index (κ3) is 2.26. The molecule has 1 fully saturated rings. The van der Waals surface area contributed by atoms with Gasteiger partial charge in [-0.2, -0.15) is 4.80 Å². The Balaban J connectivity index is 1.78. The van der Waals surface area contributed by atoms with E-state index in [9.17, 15) is 0 Å². The van der Waals surface area contributed by atoms with Crippen molar-refractivity contribution in [2.45, 2.75) is 37.8 Å². The molecule has 0 unspecified atom stereocenters. The Morgan fingerprint density at radius 2 is 1.78 bits per heavy atom. The fraction of sp³-hybridized carbons (Fsp3) is 0.462. The first-order valence-corrected chi connectivity index (χ1v) is 6.43. The highest BCUT2D eigenvalue weighted by Gasteiger charge is 2.22. The van der Waals surface area contributed by atoms with Crippen LogP contribution in [0, 0.1) is 0 Å². The summed E-state index contributed by atoms with van der Waals surface area (Å²) in [5.74, 6) is 0.700. The van der Waals surface area contributed by atoms with Crippen LogP contribution < -0.4 is 5.73 Å². The van der Waals surface area contributed by atoms with Crippen LogP contribution in [0.3, 0.4) is 0 Å². The van der Waals surface area contributed by atoms with Crippen LogP contribution in [0.25, 0.3) is 11.4 Å². The van der Waals surface area contributed by atoms with Gasteiger partial charge < -0.3 is 5.73 Å². The van der Waals surface area contributed by atoms with Gasteiger partial charge in [0.15, 0.2) is 0 Å². The maximum Gasteiger partial charge on any atom is 0.204 e. The van der Waals surface area contributed by atoms with Crippen LogP contribution in [0.4, 0.5) is 0 Å². The van der Waals surface area contributed by atoms with Gasteiger partial charge in [0, 0.05) is 11.6 Å². The fourth-order valence-electron chi connectivity index (χ4n) is 2.42. The molecule has 0 atom stereocenters. The standard InChI is InChI=1S/C13H17N5/c14-11-6-8-12(9-7-11)18-16-13(15-17-18)10-4-2-1-3-5-10/h1-5,11-12H,6-9,14H2. The molecular formula is C13H17N5. The summed E-state index contributed by atoms with van der Waals surface area (Å²) in [5.41, 5.74) is 6.92. The summed E-state index contributed by atoms with van der Waals surface area (Å²) in [4.78, 5) is 1.76. The van der Waals surface area contributed by atoms with Crippen molar-refractivity contribution in [3.05, 3.63) is 30.3 Å². The fourth-order valence-corrected chi connectivity index (χ4v) is 2.42. The SMILES string of the molecule is NC1CCC(n2nnc(-c3ccccc3)n2)CC1. The minimum absolute atomic E-state index is 0.346. The normalized spacial score (nSPS) is 24.1. The van der Waals surface area contributed by atoms with E-state index in [2.05, 4.69) is 15.4 Å². The average Bonchev–Trinajstić information content (AvgIpc) is 2.90. The Morgan fingerprint density at radius 1 is 1.06 bits per heavy atom. The van der Waals surface area contributed by atoms with Crippen LogP contribution in [0.5, 0.6) is 0 Å². The highest BCUT2D eigenvalue weighted by Crippen LogP contribution is 2.26. The first-order valence-electron chi connectivity index (χ1n) is 6.43. The lowest BCUT2D eigenvalue weighted by Crippen LogP contribution is -2.28. The Kier molecular flexibility index (Phi) is 3.06. The largest absolute Gasteiger partial charge is 0.328 e. The molecule has 1 saturated carbocycles. The van der Waals surface area contributed by atoms with Crippen molar-refractivity contribution in [3.8, 4) is 11.4 Å². The summed E-state index contributed by atoms with van der Waals surface area (Å²) < 4.78 is 0. The lowest BCUT2D eigenvalue weighted by molar-refractivity contribution is 0.277. The molecule has 0 radical (unpaired) electrons.